The van der Waals surface area contributed by atoms with Crippen LogP contribution in [0.4, 0.5) is 0 Å². The second-order valence-corrected chi connectivity index (χ2v) is 8.38. The summed E-state index contributed by atoms with van der Waals surface area (Å²) in [6, 6.07) is 20.9. The first-order valence-corrected chi connectivity index (χ1v) is 11.4. The van der Waals surface area contributed by atoms with E-state index in [1.54, 1.807) is 6.33 Å². The van der Waals surface area contributed by atoms with Crippen LogP contribution in [0.15, 0.2) is 97.6 Å². The number of nitrogens with zero attached hydrogens (tertiary/aromatic N) is 6. The van der Waals surface area contributed by atoms with E-state index in [0.29, 0.717) is 0 Å². The van der Waals surface area contributed by atoms with Crippen LogP contribution in [0.25, 0.3) is 50.0 Å². The molecule has 0 spiro atoms. The van der Waals surface area contributed by atoms with Crippen molar-refractivity contribution in [3.8, 4) is 11.5 Å². The Morgan fingerprint density at radius 1 is 0.824 bits per heavy atom. The van der Waals surface area contributed by atoms with Crippen LogP contribution < -0.4 is 0 Å². The Labute approximate surface area is 195 Å². The topological polar surface area (TPSA) is 61.4 Å². The number of benzene rings is 2. The minimum atomic E-state index is 0.760. The van der Waals surface area contributed by atoms with Crippen molar-refractivity contribution in [3.05, 3.63) is 103 Å². The maximum absolute atomic E-state index is 5.02. The fourth-order valence-electron chi connectivity index (χ4n) is 4.95. The van der Waals surface area contributed by atoms with Crippen molar-refractivity contribution >= 4 is 38.5 Å². The maximum Gasteiger partial charge on any atom is 0.157 e. The van der Waals surface area contributed by atoms with E-state index in [4.69, 9.17) is 9.97 Å². The van der Waals surface area contributed by atoms with Gasteiger partial charge in [0, 0.05) is 17.3 Å². The number of rotatable bonds is 3. The number of hydrogen-bond acceptors (Lipinski definition) is 4. The molecule has 0 atom stereocenters. The molecule has 0 saturated heterocycles. The molecule has 162 valence electrons. The Morgan fingerprint density at radius 3 is 2.59 bits per heavy atom. The molecule has 0 aliphatic heterocycles. The van der Waals surface area contributed by atoms with E-state index in [1.165, 1.54) is 0 Å². The van der Waals surface area contributed by atoms with Gasteiger partial charge in [0.15, 0.2) is 5.82 Å². The number of aromatic nitrogens is 6. The van der Waals surface area contributed by atoms with E-state index in [9.17, 15) is 0 Å². The first kappa shape index (κ1) is 18.9. The second-order valence-electron chi connectivity index (χ2n) is 8.38. The van der Waals surface area contributed by atoms with Gasteiger partial charge in [0.05, 0.1) is 22.6 Å². The first-order chi connectivity index (χ1) is 16.9. The van der Waals surface area contributed by atoms with Gasteiger partial charge >= 0.3 is 0 Å². The van der Waals surface area contributed by atoms with Crippen molar-refractivity contribution in [1.82, 2.24) is 29.1 Å². The van der Waals surface area contributed by atoms with Crippen LogP contribution >= 0.6 is 0 Å². The molecule has 1 aliphatic rings. The van der Waals surface area contributed by atoms with E-state index in [2.05, 4.69) is 85.9 Å². The molecule has 0 saturated carbocycles. The van der Waals surface area contributed by atoms with Gasteiger partial charge in [-0.05, 0) is 42.7 Å². The van der Waals surface area contributed by atoms with Crippen LogP contribution in [0, 0.1) is 0 Å². The molecule has 0 unspecified atom stereocenters. The molecular formula is C28H20N6. The minimum absolute atomic E-state index is 0.760. The summed E-state index contributed by atoms with van der Waals surface area (Å²) in [5.74, 6) is 1.56. The van der Waals surface area contributed by atoms with Gasteiger partial charge in [0.2, 0.25) is 0 Å². The number of para-hydroxylation sites is 2. The van der Waals surface area contributed by atoms with E-state index >= 15 is 0 Å². The molecule has 2 aromatic carbocycles. The highest BCUT2D eigenvalue weighted by Gasteiger charge is 2.23. The average molecular weight is 441 g/mol. The van der Waals surface area contributed by atoms with Crippen molar-refractivity contribution in [2.24, 2.45) is 0 Å². The van der Waals surface area contributed by atoms with Crippen molar-refractivity contribution in [2.75, 3.05) is 0 Å². The molecule has 0 N–H and O–H groups in total. The molecule has 34 heavy (non-hydrogen) atoms. The third-order valence-corrected chi connectivity index (χ3v) is 6.42. The zero-order valence-corrected chi connectivity index (χ0v) is 18.3. The van der Waals surface area contributed by atoms with Crippen LogP contribution in [0.3, 0.4) is 0 Å². The third-order valence-electron chi connectivity index (χ3n) is 6.42. The highest BCUT2D eigenvalue weighted by Crippen LogP contribution is 2.39. The van der Waals surface area contributed by atoms with Crippen LogP contribution in [0.2, 0.25) is 0 Å². The molecule has 6 heteroatoms. The summed E-state index contributed by atoms with van der Waals surface area (Å²) in [5, 5.41) is 2.25. The Bertz CT molecular complexity index is 1750. The van der Waals surface area contributed by atoms with Crippen molar-refractivity contribution < 1.29 is 0 Å². The smallest absolute Gasteiger partial charge is 0.157 e. The van der Waals surface area contributed by atoms with Crippen molar-refractivity contribution in [2.45, 2.75) is 12.8 Å². The first-order valence-electron chi connectivity index (χ1n) is 11.4. The zero-order chi connectivity index (χ0) is 22.5. The van der Waals surface area contributed by atoms with E-state index in [-0.39, 0.29) is 0 Å². The Kier molecular flexibility index (Phi) is 4.17. The lowest BCUT2D eigenvalue weighted by atomic mass is 10.0. The second kappa shape index (κ2) is 7.49. The predicted octanol–water partition coefficient (Wildman–Crippen LogP) is 6.04. The SMILES string of the molecule is C1=CCCC(c2nccc(-n3c4cncnc4c4c5ccccc5n(-c5ccccc5)c43)n2)=C1. The average Bonchev–Trinajstić information content (AvgIpc) is 3.42. The minimum Gasteiger partial charge on any atom is -0.295 e. The fraction of sp³-hybridized carbons (Fsp3) is 0.0714. The molecule has 0 radical (unpaired) electrons. The van der Waals surface area contributed by atoms with E-state index in [0.717, 1.165) is 68.7 Å². The summed E-state index contributed by atoms with van der Waals surface area (Å²) in [5.41, 5.74) is 6.21. The Balaban J connectivity index is 1.63. The van der Waals surface area contributed by atoms with Crippen molar-refractivity contribution in [1.29, 1.82) is 0 Å². The monoisotopic (exact) mass is 440 g/mol. The summed E-state index contributed by atoms with van der Waals surface area (Å²) in [4.78, 5) is 18.7. The highest BCUT2D eigenvalue weighted by molar-refractivity contribution is 6.20. The molecule has 1 aliphatic carbocycles. The normalized spacial score (nSPS) is 13.7. The largest absolute Gasteiger partial charge is 0.295 e. The van der Waals surface area contributed by atoms with E-state index in [1.807, 2.05) is 24.5 Å². The lowest BCUT2D eigenvalue weighted by Crippen LogP contribution is -2.06. The van der Waals surface area contributed by atoms with E-state index < -0.39 is 0 Å². The number of fused-ring (bicyclic) bond motifs is 5. The molecule has 6 nitrogen and oxygen atoms in total. The predicted molar refractivity (Wildman–Crippen MR) is 135 cm³/mol. The van der Waals surface area contributed by atoms with Crippen LogP contribution in [0.5, 0.6) is 0 Å². The molecular weight excluding hydrogens is 420 g/mol. The van der Waals surface area contributed by atoms with Gasteiger partial charge in [0.1, 0.15) is 23.3 Å². The van der Waals surface area contributed by atoms with Crippen LogP contribution in [0.1, 0.15) is 18.7 Å². The van der Waals surface area contributed by atoms with Gasteiger partial charge in [-0.1, -0.05) is 54.6 Å². The Hall–Kier alpha value is -4.58. The van der Waals surface area contributed by atoms with Gasteiger partial charge < -0.3 is 0 Å². The van der Waals surface area contributed by atoms with Crippen LogP contribution in [-0.2, 0) is 0 Å². The fourth-order valence-corrected chi connectivity index (χ4v) is 4.95. The molecule has 7 rings (SSSR count). The summed E-state index contributed by atoms with van der Waals surface area (Å²) < 4.78 is 4.46. The van der Waals surface area contributed by atoms with Gasteiger partial charge in [-0.3, -0.25) is 9.13 Å². The zero-order valence-electron chi connectivity index (χ0n) is 18.3. The Morgan fingerprint density at radius 2 is 1.71 bits per heavy atom. The molecule has 4 aromatic heterocycles. The summed E-state index contributed by atoms with van der Waals surface area (Å²) >= 11 is 0. The number of hydrogen-bond donors (Lipinski definition) is 0. The van der Waals surface area contributed by atoms with Gasteiger partial charge in [-0.15, -0.1) is 0 Å². The third kappa shape index (κ3) is 2.75. The lowest BCUT2D eigenvalue weighted by Gasteiger charge is -2.13. The molecule has 4 heterocycles. The summed E-state index contributed by atoms with van der Waals surface area (Å²) in [6.07, 6.45) is 13.6. The quantitative estimate of drug-likeness (QED) is 0.337. The van der Waals surface area contributed by atoms with Gasteiger partial charge in [0.25, 0.3) is 0 Å². The molecule has 0 bridgehead atoms. The highest BCUT2D eigenvalue weighted by atomic mass is 15.2. The lowest BCUT2D eigenvalue weighted by molar-refractivity contribution is 0.956. The summed E-state index contributed by atoms with van der Waals surface area (Å²) in [6.45, 7) is 0. The van der Waals surface area contributed by atoms with Gasteiger partial charge in [-0.2, -0.15) is 0 Å². The molecule has 6 aromatic rings. The van der Waals surface area contributed by atoms with Crippen molar-refractivity contribution in [3.63, 3.8) is 0 Å². The maximum atomic E-state index is 5.02. The number of allylic oxidation sites excluding steroid dienone is 4. The summed E-state index contributed by atoms with van der Waals surface area (Å²) in [7, 11) is 0. The standard InChI is InChI=1S/C28H20N6/c1-3-9-19(10-4-1)27-30-16-15-24(32-27)34-23-17-29-18-31-26(23)25-21-13-7-8-14-22(21)33(28(25)34)20-11-5-2-6-12-20/h1-3,5-9,11-18H,4,10H2. The molecule has 0 fully saturated rings. The molecule has 0 amide bonds. The van der Waals surface area contributed by atoms with Crippen LogP contribution in [-0.4, -0.2) is 29.1 Å². The van der Waals surface area contributed by atoms with Gasteiger partial charge in [-0.25, -0.2) is 19.9 Å².